The summed E-state index contributed by atoms with van der Waals surface area (Å²) in [6, 6.07) is 9.84. The molecule has 0 saturated carbocycles. The van der Waals surface area contributed by atoms with E-state index < -0.39 is 0 Å². The number of rotatable bonds is 3. The Kier molecular flexibility index (Phi) is 2.90. The van der Waals surface area contributed by atoms with E-state index in [2.05, 4.69) is 15.3 Å². The minimum absolute atomic E-state index is 0.679. The first-order valence-electron chi connectivity index (χ1n) is 5.73. The lowest BCUT2D eigenvalue weighted by atomic mass is 10.1. The quantitative estimate of drug-likeness (QED) is 0.749. The number of hydrogen-bond donors (Lipinski definition) is 2. The molecule has 0 aliphatic rings. The maximum Gasteiger partial charge on any atom is 0.0908 e. The van der Waals surface area contributed by atoms with Crippen LogP contribution in [0.25, 0.3) is 10.9 Å². The monoisotopic (exact) mass is 257 g/mol. The third-order valence-corrected chi connectivity index (χ3v) is 3.17. The van der Waals surface area contributed by atoms with Gasteiger partial charge in [0, 0.05) is 36.2 Å². The zero-order valence-corrected chi connectivity index (χ0v) is 10.4. The number of anilines is 1. The zero-order valence-electron chi connectivity index (χ0n) is 9.65. The van der Waals surface area contributed by atoms with Gasteiger partial charge in [-0.05, 0) is 35.9 Å². The third kappa shape index (κ3) is 2.05. The van der Waals surface area contributed by atoms with Crippen molar-refractivity contribution in [1.82, 2.24) is 9.97 Å². The molecule has 3 rings (SSSR count). The number of nitrogens with one attached hydrogen (secondary N) is 2. The van der Waals surface area contributed by atoms with E-state index in [9.17, 15) is 0 Å². The molecule has 0 amide bonds. The standard InChI is InChI=1S/C14H12ClN3/c15-12-3-4-13(11-2-1-6-17-14(11)12)18-9-10-5-7-16-8-10/h1-8,16,18H,9H2. The first-order valence-corrected chi connectivity index (χ1v) is 6.11. The molecule has 3 aromatic rings. The van der Waals surface area contributed by atoms with Crippen molar-refractivity contribution in [1.29, 1.82) is 0 Å². The number of benzene rings is 1. The fraction of sp³-hybridized carbons (Fsp3) is 0.0714. The van der Waals surface area contributed by atoms with Gasteiger partial charge in [0.2, 0.25) is 0 Å². The normalized spacial score (nSPS) is 10.7. The molecule has 0 fully saturated rings. The van der Waals surface area contributed by atoms with Gasteiger partial charge in [0.05, 0.1) is 10.5 Å². The minimum Gasteiger partial charge on any atom is -0.380 e. The number of H-pyrrole nitrogens is 1. The zero-order chi connectivity index (χ0) is 12.4. The molecule has 0 radical (unpaired) electrons. The molecule has 3 nitrogen and oxygen atoms in total. The number of aromatic amines is 1. The predicted molar refractivity (Wildman–Crippen MR) is 74.9 cm³/mol. The average Bonchev–Trinajstić information content (AvgIpc) is 2.92. The molecule has 90 valence electrons. The van der Waals surface area contributed by atoms with E-state index in [1.807, 2.05) is 42.7 Å². The van der Waals surface area contributed by atoms with Gasteiger partial charge < -0.3 is 10.3 Å². The lowest BCUT2D eigenvalue weighted by Gasteiger charge is -2.09. The van der Waals surface area contributed by atoms with Crippen LogP contribution in [0.4, 0.5) is 5.69 Å². The molecule has 0 unspecified atom stereocenters. The topological polar surface area (TPSA) is 40.7 Å². The van der Waals surface area contributed by atoms with E-state index in [1.54, 1.807) is 6.20 Å². The number of nitrogens with zero attached hydrogens (tertiary/aromatic N) is 1. The van der Waals surface area contributed by atoms with Crippen LogP contribution in [0.1, 0.15) is 5.56 Å². The highest BCUT2D eigenvalue weighted by Crippen LogP contribution is 2.28. The number of hydrogen-bond acceptors (Lipinski definition) is 2. The Balaban J connectivity index is 1.94. The van der Waals surface area contributed by atoms with Crippen LogP contribution in [0.2, 0.25) is 5.02 Å². The molecule has 18 heavy (non-hydrogen) atoms. The van der Waals surface area contributed by atoms with Crippen molar-refractivity contribution >= 4 is 28.2 Å². The first-order chi connectivity index (χ1) is 8.84. The number of aromatic nitrogens is 2. The van der Waals surface area contributed by atoms with Crippen LogP contribution in [-0.2, 0) is 6.54 Å². The van der Waals surface area contributed by atoms with Crippen LogP contribution < -0.4 is 5.32 Å². The van der Waals surface area contributed by atoms with Crippen LogP contribution in [0, 0.1) is 0 Å². The SMILES string of the molecule is Clc1ccc(NCc2cc[nH]c2)c2cccnc12. The van der Waals surface area contributed by atoms with Gasteiger partial charge in [-0.3, -0.25) is 4.98 Å². The van der Waals surface area contributed by atoms with Gasteiger partial charge in [-0.25, -0.2) is 0 Å². The van der Waals surface area contributed by atoms with Crippen molar-refractivity contribution in [3.05, 3.63) is 59.5 Å². The second-order valence-electron chi connectivity index (χ2n) is 4.07. The summed E-state index contributed by atoms with van der Waals surface area (Å²) < 4.78 is 0. The van der Waals surface area contributed by atoms with Gasteiger partial charge in [0.25, 0.3) is 0 Å². The molecule has 2 N–H and O–H groups in total. The Bertz CT molecular complexity index is 662. The van der Waals surface area contributed by atoms with Crippen molar-refractivity contribution in [2.24, 2.45) is 0 Å². The molecule has 1 aromatic carbocycles. The van der Waals surface area contributed by atoms with Crippen LogP contribution >= 0.6 is 11.6 Å². The van der Waals surface area contributed by atoms with Crippen molar-refractivity contribution in [3.63, 3.8) is 0 Å². The molecule has 2 aromatic heterocycles. The van der Waals surface area contributed by atoms with E-state index in [-0.39, 0.29) is 0 Å². The predicted octanol–water partition coefficient (Wildman–Crippen LogP) is 3.83. The third-order valence-electron chi connectivity index (χ3n) is 2.87. The van der Waals surface area contributed by atoms with Crippen molar-refractivity contribution < 1.29 is 0 Å². The maximum atomic E-state index is 6.13. The van der Waals surface area contributed by atoms with E-state index >= 15 is 0 Å². The Morgan fingerprint density at radius 3 is 3.00 bits per heavy atom. The van der Waals surface area contributed by atoms with Gasteiger partial charge >= 0.3 is 0 Å². The summed E-state index contributed by atoms with van der Waals surface area (Å²) in [5.74, 6) is 0. The molecule has 0 bridgehead atoms. The minimum atomic E-state index is 0.679. The van der Waals surface area contributed by atoms with Crippen molar-refractivity contribution in [3.8, 4) is 0 Å². The van der Waals surface area contributed by atoms with E-state index in [0.717, 1.165) is 23.1 Å². The van der Waals surface area contributed by atoms with E-state index in [1.165, 1.54) is 5.56 Å². The highest BCUT2D eigenvalue weighted by atomic mass is 35.5. The molecule has 2 heterocycles. The second kappa shape index (κ2) is 4.70. The summed E-state index contributed by atoms with van der Waals surface area (Å²) in [5.41, 5.74) is 3.09. The Labute approximate surface area is 110 Å². The maximum absolute atomic E-state index is 6.13. The fourth-order valence-corrected chi connectivity index (χ4v) is 2.17. The average molecular weight is 258 g/mol. The van der Waals surface area contributed by atoms with E-state index in [0.29, 0.717) is 5.02 Å². The van der Waals surface area contributed by atoms with Gasteiger partial charge in [-0.2, -0.15) is 0 Å². The Hall–Kier alpha value is -2.00. The summed E-state index contributed by atoms with van der Waals surface area (Å²) in [5, 5.41) is 5.12. The Morgan fingerprint density at radius 1 is 1.22 bits per heavy atom. The lowest BCUT2D eigenvalue weighted by molar-refractivity contribution is 1.16. The van der Waals surface area contributed by atoms with Crippen LogP contribution in [0.3, 0.4) is 0 Å². The molecule has 0 saturated heterocycles. The first kappa shape index (κ1) is 11.1. The van der Waals surface area contributed by atoms with Gasteiger partial charge in [-0.1, -0.05) is 11.6 Å². The second-order valence-corrected chi connectivity index (χ2v) is 4.47. The fourth-order valence-electron chi connectivity index (χ4n) is 1.96. The smallest absolute Gasteiger partial charge is 0.0908 e. The summed E-state index contributed by atoms with van der Waals surface area (Å²) in [4.78, 5) is 7.35. The molecule has 0 aliphatic heterocycles. The van der Waals surface area contributed by atoms with Gasteiger partial charge in [0.1, 0.15) is 0 Å². The molecular formula is C14H12ClN3. The highest BCUT2D eigenvalue weighted by molar-refractivity contribution is 6.35. The van der Waals surface area contributed by atoms with E-state index in [4.69, 9.17) is 11.6 Å². The molecule has 0 aliphatic carbocycles. The van der Waals surface area contributed by atoms with Crippen molar-refractivity contribution in [2.45, 2.75) is 6.54 Å². The van der Waals surface area contributed by atoms with Crippen LogP contribution in [0.15, 0.2) is 48.9 Å². The number of pyridine rings is 1. The highest BCUT2D eigenvalue weighted by Gasteiger charge is 2.05. The summed E-state index contributed by atoms with van der Waals surface area (Å²) in [6.45, 7) is 0.773. The van der Waals surface area contributed by atoms with Gasteiger partial charge in [0.15, 0.2) is 0 Å². The lowest BCUT2D eigenvalue weighted by Crippen LogP contribution is -1.99. The molecule has 0 spiro atoms. The number of fused-ring (bicyclic) bond motifs is 1. The summed E-state index contributed by atoms with van der Waals surface area (Å²) >= 11 is 6.13. The van der Waals surface area contributed by atoms with Crippen LogP contribution in [-0.4, -0.2) is 9.97 Å². The Morgan fingerprint density at radius 2 is 2.17 bits per heavy atom. The van der Waals surface area contributed by atoms with Crippen LogP contribution in [0.5, 0.6) is 0 Å². The molecular weight excluding hydrogens is 246 g/mol. The molecule has 0 atom stereocenters. The largest absolute Gasteiger partial charge is 0.380 e. The number of halogens is 1. The van der Waals surface area contributed by atoms with Crippen molar-refractivity contribution in [2.75, 3.05) is 5.32 Å². The summed E-state index contributed by atoms with van der Waals surface area (Å²) in [7, 11) is 0. The molecule has 4 heteroatoms. The summed E-state index contributed by atoms with van der Waals surface area (Å²) in [6.07, 6.45) is 5.64. The van der Waals surface area contributed by atoms with Gasteiger partial charge in [-0.15, -0.1) is 0 Å².